The van der Waals surface area contributed by atoms with Gasteiger partial charge in [-0.25, -0.2) is 10.1 Å². The van der Waals surface area contributed by atoms with Crippen molar-refractivity contribution in [1.29, 1.82) is 0 Å². The summed E-state index contributed by atoms with van der Waals surface area (Å²) in [7, 11) is 0. The van der Waals surface area contributed by atoms with Crippen molar-refractivity contribution < 1.29 is 0 Å². The van der Waals surface area contributed by atoms with Crippen LogP contribution in [0, 0.1) is 6.92 Å². The average Bonchev–Trinajstić information content (AvgIpc) is 3.38. The van der Waals surface area contributed by atoms with Crippen molar-refractivity contribution >= 4 is 0 Å². The zero-order valence-electron chi connectivity index (χ0n) is 19.5. The summed E-state index contributed by atoms with van der Waals surface area (Å²) in [4.78, 5) is 18.2. The molecule has 0 amide bonds. The molecule has 1 N–H and O–H groups in total. The number of H-pyrrole nitrogens is 1. The summed E-state index contributed by atoms with van der Waals surface area (Å²) < 4.78 is 1.82. The fourth-order valence-corrected chi connectivity index (χ4v) is 4.19. The molecule has 0 fully saturated rings. The molecular weight excluding hydrogens is 412 g/mol. The second-order valence-corrected chi connectivity index (χ2v) is 8.31. The first-order valence-electron chi connectivity index (χ1n) is 11.6. The summed E-state index contributed by atoms with van der Waals surface area (Å²) in [5, 5.41) is 14.3. The topological polar surface area (TPSA) is 89.3 Å². The number of aryl methyl sites for hydroxylation is 2. The van der Waals surface area contributed by atoms with Gasteiger partial charge in [0.25, 0.3) is 5.56 Å². The fourth-order valence-electron chi connectivity index (χ4n) is 4.19. The van der Waals surface area contributed by atoms with Gasteiger partial charge in [-0.2, -0.15) is 0 Å². The molecule has 2 aromatic carbocycles. The number of benzene rings is 2. The van der Waals surface area contributed by atoms with Crippen molar-refractivity contribution in [3.8, 4) is 22.5 Å². The molecule has 0 aliphatic carbocycles. The SMILES string of the molecule is CCCCc1nc(C)n(CCC)c(=O)c1Cc1ccc(-c2ccccc2-c2nnn[nH]2)cc1. The lowest BCUT2D eigenvalue weighted by Crippen LogP contribution is -2.29. The molecule has 170 valence electrons. The zero-order chi connectivity index (χ0) is 23.2. The maximum absolute atomic E-state index is 13.3. The van der Waals surface area contributed by atoms with Crippen LogP contribution < -0.4 is 5.56 Å². The molecule has 0 radical (unpaired) electrons. The number of aromatic amines is 1. The molecule has 0 saturated heterocycles. The van der Waals surface area contributed by atoms with Gasteiger partial charge in [0.05, 0.1) is 5.69 Å². The first-order chi connectivity index (χ1) is 16.1. The van der Waals surface area contributed by atoms with Crippen LogP contribution in [-0.4, -0.2) is 30.2 Å². The van der Waals surface area contributed by atoms with Crippen LogP contribution >= 0.6 is 0 Å². The number of rotatable bonds is 9. The van der Waals surface area contributed by atoms with Crippen LogP contribution in [0.3, 0.4) is 0 Å². The predicted molar refractivity (Wildman–Crippen MR) is 130 cm³/mol. The standard InChI is InChI=1S/C26H30N6O/c1-4-6-11-24-23(26(33)32(16-5-2)18(3)27-24)17-19-12-14-20(15-13-19)21-9-7-8-10-22(21)25-28-30-31-29-25/h7-10,12-15H,4-6,11,16-17H2,1-3H3,(H,28,29,30,31). The first-order valence-corrected chi connectivity index (χ1v) is 11.6. The van der Waals surface area contributed by atoms with E-state index in [1.165, 1.54) is 0 Å². The molecular formula is C26H30N6O. The molecule has 0 atom stereocenters. The third-order valence-corrected chi connectivity index (χ3v) is 5.93. The van der Waals surface area contributed by atoms with E-state index in [1.54, 1.807) is 0 Å². The highest BCUT2D eigenvalue weighted by Crippen LogP contribution is 2.30. The Hall–Kier alpha value is -3.61. The van der Waals surface area contributed by atoms with Crippen molar-refractivity contribution in [1.82, 2.24) is 30.2 Å². The van der Waals surface area contributed by atoms with Gasteiger partial charge in [-0.05, 0) is 53.3 Å². The molecule has 0 unspecified atom stereocenters. The summed E-state index contributed by atoms with van der Waals surface area (Å²) >= 11 is 0. The molecule has 0 aliphatic heterocycles. The number of nitrogens with zero attached hydrogens (tertiary/aromatic N) is 5. The number of tetrazole rings is 1. The fraction of sp³-hybridized carbons (Fsp3) is 0.346. The van der Waals surface area contributed by atoms with Crippen LogP contribution in [0.15, 0.2) is 53.3 Å². The Bertz CT molecular complexity index is 1260. The molecule has 0 spiro atoms. The quantitative estimate of drug-likeness (QED) is 0.404. The zero-order valence-corrected chi connectivity index (χ0v) is 19.5. The van der Waals surface area contributed by atoms with Crippen molar-refractivity contribution in [2.45, 2.75) is 59.4 Å². The van der Waals surface area contributed by atoms with Crippen molar-refractivity contribution in [2.75, 3.05) is 0 Å². The van der Waals surface area contributed by atoms with E-state index in [-0.39, 0.29) is 5.56 Å². The van der Waals surface area contributed by atoms with E-state index in [2.05, 4.69) is 64.8 Å². The second-order valence-electron chi connectivity index (χ2n) is 8.31. The van der Waals surface area contributed by atoms with Crippen LogP contribution in [-0.2, 0) is 19.4 Å². The molecule has 0 bridgehead atoms. The third kappa shape index (κ3) is 4.92. The number of hydrogen-bond donors (Lipinski definition) is 1. The smallest absolute Gasteiger partial charge is 0.257 e. The first kappa shape index (κ1) is 22.6. The van der Waals surface area contributed by atoms with Gasteiger partial charge >= 0.3 is 0 Å². The average molecular weight is 443 g/mol. The Morgan fingerprint density at radius 3 is 2.39 bits per heavy atom. The largest absolute Gasteiger partial charge is 0.297 e. The van der Waals surface area contributed by atoms with E-state index in [0.29, 0.717) is 18.8 Å². The van der Waals surface area contributed by atoms with Gasteiger partial charge in [0.2, 0.25) is 0 Å². The highest BCUT2D eigenvalue weighted by atomic mass is 16.1. The normalized spacial score (nSPS) is 11.1. The van der Waals surface area contributed by atoms with Crippen LogP contribution in [0.5, 0.6) is 0 Å². The molecule has 33 heavy (non-hydrogen) atoms. The molecule has 4 aromatic rings. The summed E-state index contributed by atoms with van der Waals surface area (Å²) in [6, 6.07) is 16.4. The summed E-state index contributed by atoms with van der Waals surface area (Å²) in [6.45, 7) is 6.88. The summed E-state index contributed by atoms with van der Waals surface area (Å²) in [6.07, 6.45) is 4.44. The van der Waals surface area contributed by atoms with Gasteiger partial charge in [0.1, 0.15) is 5.82 Å². The maximum Gasteiger partial charge on any atom is 0.257 e. The maximum atomic E-state index is 13.3. The van der Waals surface area contributed by atoms with Crippen LogP contribution in [0.1, 0.15) is 55.8 Å². The van der Waals surface area contributed by atoms with Gasteiger partial charge in [-0.15, -0.1) is 5.10 Å². The van der Waals surface area contributed by atoms with Gasteiger partial charge < -0.3 is 0 Å². The van der Waals surface area contributed by atoms with E-state index in [9.17, 15) is 4.79 Å². The highest BCUT2D eigenvalue weighted by Gasteiger charge is 2.15. The molecule has 7 heteroatoms. The van der Waals surface area contributed by atoms with Gasteiger partial charge in [0.15, 0.2) is 5.82 Å². The Balaban J connectivity index is 1.67. The molecule has 2 aromatic heterocycles. The minimum Gasteiger partial charge on any atom is -0.297 e. The van der Waals surface area contributed by atoms with E-state index in [1.807, 2.05) is 29.7 Å². The van der Waals surface area contributed by atoms with E-state index in [0.717, 1.165) is 65.0 Å². The number of hydrogen-bond acceptors (Lipinski definition) is 5. The van der Waals surface area contributed by atoms with Crippen LogP contribution in [0.2, 0.25) is 0 Å². The lowest BCUT2D eigenvalue weighted by Gasteiger charge is -2.15. The Kier molecular flexibility index (Phi) is 7.07. The third-order valence-electron chi connectivity index (χ3n) is 5.93. The molecule has 0 saturated carbocycles. The van der Waals surface area contributed by atoms with Crippen molar-refractivity contribution in [2.24, 2.45) is 0 Å². The van der Waals surface area contributed by atoms with Gasteiger partial charge in [-0.3, -0.25) is 9.36 Å². The minimum absolute atomic E-state index is 0.0997. The van der Waals surface area contributed by atoms with E-state index in [4.69, 9.17) is 4.98 Å². The van der Waals surface area contributed by atoms with Gasteiger partial charge in [0, 0.05) is 24.1 Å². The monoisotopic (exact) mass is 442 g/mol. The van der Waals surface area contributed by atoms with Crippen molar-refractivity contribution in [3.63, 3.8) is 0 Å². The molecule has 7 nitrogen and oxygen atoms in total. The lowest BCUT2D eigenvalue weighted by atomic mass is 9.96. The Morgan fingerprint density at radius 1 is 0.970 bits per heavy atom. The number of aromatic nitrogens is 6. The lowest BCUT2D eigenvalue weighted by molar-refractivity contribution is 0.600. The second kappa shape index (κ2) is 10.3. The van der Waals surface area contributed by atoms with Crippen LogP contribution in [0.25, 0.3) is 22.5 Å². The molecule has 4 rings (SSSR count). The van der Waals surface area contributed by atoms with E-state index >= 15 is 0 Å². The van der Waals surface area contributed by atoms with E-state index < -0.39 is 0 Å². The summed E-state index contributed by atoms with van der Waals surface area (Å²) in [5.41, 5.74) is 6.03. The van der Waals surface area contributed by atoms with Crippen molar-refractivity contribution in [3.05, 3.63) is 81.5 Å². The Morgan fingerprint density at radius 2 is 1.73 bits per heavy atom. The molecule has 0 aliphatic rings. The number of unbranched alkanes of at least 4 members (excludes halogenated alkanes) is 1. The van der Waals surface area contributed by atoms with Gasteiger partial charge in [-0.1, -0.05) is 68.8 Å². The number of nitrogens with one attached hydrogen (secondary N) is 1. The minimum atomic E-state index is 0.0997. The van der Waals surface area contributed by atoms with Crippen LogP contribution in [0.4, 0.5) is 0 Å². The highest BCUT2D eigenvalue weighted by molar-refractivity contribution is 5.80. The summed E-state index contributed by atoms with van der Waals surface area (Å²) in [5.74, 6) is 1.45. The molecule has 2 heterocycles. The Labute approximate surface area is 193 Å². The predicted octanol–water partition coefficient (Wildman–Crippen LogP) is 4.74.